The third-order valence-electron chi connectivity index (χ3n) is 3.59. The van der Waals surface area contributed by atoms with Gasteiger partial charge in [-0.1, -0.05) is 68.9 Å². The van der Waals surface area contributed by atoms with Crippen LogP contribution in [0.2, 0.25) is 0 Å². The minimum absolute atomic E-state index is 0.363. The van der Waals surface area contributed by atoms with Crippen molar-refractivity contribution >= 4 is 33.4 Å². The lowest BCUT2D eigenvalue weighted by atomic mass is 9.90. The van der Waals surface area contributed by atoms with Crippen molar-refractivity contribution in [1.82, 2.24) is 0 Å². The highest BCUT2D eigenvalue weighted by Gasteiger charge is 2.25. The summed E-state index contributed by atoms with van der Waals surface area (Å²) in [5.41, 5.74) is 1.51. The third-order valence-corrected chi connectivity index (χ3v) is 4.69. The maximum absolute atomic E-state index is 4.67. The summed E-state index contributed by atoms with van der Waals surface area (Å²) >= 11 is 1.88. The molecule has 110 valence electrons. The normalized spacial score (nSPS) is 18.8. The van der Waals surface area contributed by atoms with E-state index in [0.29, 0.717) is 10.7 Å². The number of anilines is 1. The Balaban J connectivity index is 1.73. The molecule has 2 nitrogen and oxygen atoms in total. The molecule has 0 saturated carbocycles. The summed E-state index contributed by atoms with van der Waals surface area (Å²) in [7, 11) is 0. The van der Waals surface area contributed by atoms with Gasteiger partial charge in [0.2, 0.25) is 0 Å². The topological polar surface area (TPSA) is 24.4 Å². The Hall–Kier alpha value is -1.48. The van der Waals surface area contributed by atoms with Crippen molar-refractivity contribution < 1.29 is 0 Å². The summed E-state index contributed by atoms with van der Waals surface area (Å²) in [6.07, 6.45) is 1.20. The first-order valence-electron chi connectivity index (χ1n) is 7.47. The lowest BCUT2D eigenvalue weighted by Gasteiger charge is -2.21. The first-order valence-corrected chi connectivity index (χ1v) is 8.35. The largest absolute Gasteiger partial charge is 0.334 e. The summed E-state index contributed by atoms with van der Waals surface area (Å²) in [5.74, 6) is 0. The van der Waals surface area contributed by atoms with Crippen molar-refractivity contribution in [2.24, 2.45) is 10.4 Å². The molecule has 1 atom stereocenters. The van der Waals surface area contributed by atoms with Gasteiger partial charge in [0.25, 0.3) is 0 Å². The zero-order chi connectivity index (χ0) is 14.9. The maximum atomic E-state index is 4.67. The van der Waals surface area contributed by atoms with Crippen LogP contribution < -0.4 is 5.32 Å². The van der Waals surface area contributed by atoms with Crippen LogP contribution in [0.3, 0.4) is 0 Å². The van der Waals surface area contributed by atoms with E-state index in [4.69, 9.17) is 0 Å². The first-order chi connectivity index (χ1) is 10.0. The van der Waals surface area contributed by atoms with Crippen LogP contribution in [0, 0.1) is 5.41 Å². The Labute approximate surface area is 131 Å². The van der Waals surface area contributed by atoms with Gasteiger partial charge in [0.05, 0.1) is 6.54 Å². The average molecular weight is 298 g/mol. The molecule has 1 unspecified atom stereocenters. The van der Waals surface area contributed by atoms with Crippen molar-refractivity contribution in [2.45, 2.75) is 32.4 Å². The number of nitrogens with zero attached hydrogens (tertiary/aromatic N) is 1. The van der Waals surface area contributed by atoms with Crippen LogP contribution in [0.1, 0.15) is 27.2 Å². The van der Waals surface area contributed by atoms with Crippen LogP contribution in [0.5, 0.6) is 0 Å². The molecule has 1 heterocycles. The van der Waals surface area contributed by atoms with Crippen LogP contribution in [-0.2, 0) is 0 Å². The van der Waals surface area contributed by atoms with Crippen LogP contribution in [0.15, 0.2) is 47.5 Å². The molecule has 2 aromatic rings. The Morgan fingerprint density at radius 3 is 2.71 bits per heavy atom. The van der Waals surface area contributed by atoms with Gasteiger partial charge in [0.15, 0.2) is 5.17 Å². The number of thioether (sulfide) groups is 1. The molecule has 3 rings (SSSR count). The lowest BCUT2D eigenvalue weighted by molar-refractivity contribution is 0.375. The summed E-state index contributed by atoms with van der Waals surface area (Å²) < 4.78 is 0. The number of aliphatic imine (C=N–C) groups is 1. The van der Waals surface area contributed by atoms with E-state index in [9.17, 15) is 0 Å². The van der Waals surface area contributed by atoms with Gasteiger partial charge in [-0.05, 0) is 23.3 Å². The number of nitrogens with one attached hydrogen (secondary N) is 1. The Kier molecular flexibility index (Phi) is 3.94. The molecule has 0 aromatic heterocycles. The molecule has 0 fully saturated rings. The Bertz CT molecular complexity index is 665. The molecule has 0 saturated heterocycles. The van der Waals surface area contributed by atoms with E-state index in [1.807, 2.05) is 11.8 Å². The molecule has 21 heavy (non-hydrogen) atoms. The van der Waals surface area contributed by atoms with Gasteiger partial charge >= 0.3 is 0 Å². The van der Waals surface area contributed by atoms with Crippen LogP contribution >= 0.6 is 11.8 Å². The van der Waals surface area contributed by atoms with E-state index in [1.54, 1.807) is 0 Å². The zero-order valence-corrected chi connectivity index (χ0v) is 13.7. The maximum Gasteiger partial charge on any atom is 0.161 e. The zero-order valence-electron chi connectivity index (χ0n) is 12.9. The number of rotatable bonds is 2. The van der Waals surface area contributed by atoms with Gasteiger partial charge in [0.1, 0.15) is 0 Å². The number of hydrogen-bond acceptors (Lipinski definition) is 3. The Morgan fingerprint density at radius 1 is 1.14 bits per heavy atom. The van der Waals surface area contributed by atoms with Gasteiger partial charge in [-0.3, -0.25) is 4.99 Å². The third kappa shape index (κ3) is 3.59. The fourth-order valence-corrected chi connectivity index (χ4v) is 4.09. The predicted octanol–water partition coefficient (Wildman–Crippen LogP) is 5.16. The van der Waals surface area contributed by atoms with Crippen molar-refractivity contribution in [3.8, 4) is 0 Å². The van der Waals surface area contributed by atoms with Crippen LogP contribution in [0.25, 0.3) is 10.8 Å². The number of amidine groups is 1. The molecular formula is C18H22N2S. The van der Waals surface area contributed by atoms with E-state index >= 15 is 0 Å². The second kappa shape index (κ2) is 5.72. The number of fused-ring (bicyclic) bond motifs is 1. The first kappa shape index (κ1) is 14.5. The van der Waals surface area contributed by atoms with Crippen molar-refractivity contribution in [2.75, 3.05) is 11.9 Å². The monoisotopic (exact) mass is 298 g/mol. The summed E-state index contributed by atoms with van der Waals surface area (Å²) in [5, 5.41) is 7.68. The summed E-state index contributed by atoms with van der Waals surface area (Å²) in [4.78, 5) is 4.67. The molecule has 0 spiro atoms. The standard InChI is InChI=1S/C18H22N2S/c1-18(2,3)11-14-12-19-17(21-14)20-16-10-6-8-13-7-4-5-9-15(13)16/h4-10,14H,11-12H2,1-3H3,(H,19,20). The molecule has 1 aliphatic heterocycles. The molecule has 2 aromatic carbocycles. The molecule has 0 radical (unpaired) electrons. The van der Waals surface area contributed by atoms with Gasteiger partial charge in [0, 0.05) is 16.3 Å². The SMILES string of the molecule is CC(C)(C)CC1CN=C(Nc2cccc3ccccc23)S1. The van der Waals surface area contributed by atoms with Gasteiger partial charge in [-0.2, -0.15) is 0 Å². The fourth-order valence-electron chi connectivity index (χ4n) is 2.72. The predicted molar refractivity (Wildman–Crippen MR) is 95.3 cm³/mol. The quantitative estimate of drug-likeness (QED) is 0.828. The summed E-state index contributed by atoms with van der Waals surface area (Å²) in [6, 6.07) is 14.8. The van der Waals surface area contributed by atoms with E-state index in [-0.39, 0.29) is 0 Å². The molecule has 1 aliphatic rings. The summed E-state index contributed by atoms with van der Waals surface area (Å²) in [6.45, 7) is 7.81. The second-order valence-corrected chi connectivity index (χ2v) is 8.09. The smallest absolute Gasteiger partial charge is 0.161 e. The number of benzene rings is 2. The van der Waals surface area contributed by atoms with E-state index in [2.05, 4.69) is 73.5 Å². The van der Waals surface area contributed by atoms with E-state index in [1.165, 1.54) is 17.2 Å². The Morgan fingerprint density at radius 2 is 1.90 bits per heavy atom. The molecule has 0 aliphatic carbocycles. The minimum Gasteiger partial charge on any atom is -0.334 e. The highest BCUT2D eigenvalue weighted by molar-refractivity contribution is 8.15. The molecule has 3 heteroatoms. The van der Waals surface area contributed by atoms with Gasteiger partial charge in [-0.25, -0.2) is 0 Å². The molecule has 1 N–H and O–H groups in total. The lowest BCUT2D eigenvalue weighted by Crippen LogP contribution is -2.16. The highest BCUT2D eigenvalue weighted by atomic mass is 32.2. The molecule has 0 amide bonds. The number of hydrogen-bond donors (Lipinski definition) is 1. The fraction of sp³-hybridized carbons (Fsp3) is 0.389. The molecule has 0 bridgehead atoms. The van der Waals surface area contributed by atoms with Crippen LogP contribution in [-0.4, -0.2) is 17.0 Å². The van der Waals surface area contributed by atoms with Crippen molar-refractivity contribution in [1.29, 1.82) is 0 Å². The second-order valence-electron chi connectivity index (χ2n) is 6.80. The average Bonchev–Trinajstić information content (AvgIpc) is 2.84. The van der Waals surface area contributed by atoms with Crippen molar-refractivity contribution in [3.63, 3.8) is 0 Å². The van der Waals surface area contributed by atoms with E-state index < -0.39 is 0 Å². The van der Waals surface area contributed by atoms with Crippen molar-refractivity contribution in [3.05, 3.63) is 42.5 Å². The van der Waals surface area contributed by atoms with Gasteiger partial charge < -0.3 is 5.32 Å². The highest BCUT2D eigenvalue weighted by Crippen LogP contribution is 2.33. The van der Waals surface area contributed by atoms with Gasteiger partial charge in [-0.15, -0.1) is 0 Å². The minimum atomic E-state index is 0.363. The van der Waals surface area contributed by atoms with Crippen LogP contribution in [0.4, 0.5) is 5.69 Å². The van der Waals surface area contributed by atoms with E-state index in [0.717, 1.165) is 17.4 Å². The molecular weight excluding hydrogens is 276 g/mol.